The number of carboxylic acids is 1. The molecule has 3 N–H and O–H groups in total. The molecule has 1 aromatic carbocycles. The van der Waals surface area contributed by atoms with Crippen molar-refractivity contribution in [1.82, 2.24) is 5.32 Å². The number of methoxy groups -OCH3 is 1. The van der Waals surface area contributed by atoms with Crippen LogP contribution in [0.2, 0.25) is 0 Å². The first-order valence-corrected chi connectivity index (χ1v) is 7.81. The maximum absolute atomic E-state index is 12.3. The van der Waals surface area contributed by atoms with Crippen LogP contribution in [0.4, 0.5) is 5.69 Å². The number of hydrogen-bond donors (Lipinski definition) is 3. The Morgan fingerprint density at radius 3 is 2.78 bits per heavy atom. The number of anilines is 1. The summed E-state index contributed by atoms with van der Waals surface area (Å²) in [7, 11) is 1.36. The van der Waals surface area contributed by atoms with Gasteiger partial charge in [0.1, 0.15) is 0 Å². The molecule has 8 heteroatoms. The molecule has 0 spiro atoms. The van der Waals surface area contributed by atoms with Gasteiger partial charge in [0, 0.05) is 17.6 Å². The molecular weight excluding hydrogens is 320 g/mol. The molecule has 1 aliphatic rings. The fourth-order valence-electron chi connectivity index (χ4n) is 2.11. The van der Waals surface area contributed by atoms with Crippen molar-refractivity contribution in [2.75, 3.05) is 19.0 Å². The van der Waals surface area contributed by atoms with Crippen molar-refractivity contribution in [2.45, 2.75) is 29.5 Å². The fourth-order valence-corrected chi connectivity index (χ4v) is 3.04. The number of thioether (sulfide) groups is 1. The number of aliphatic carboxylic acids is 1. The van der Waals surface area contributed by atoms with E-state index in [1.54, 1.807) is 19.1 Å². The molecule has 0 aliphatic carbocycles. The number of carboxylic acid groups (broad SMARTS) is 1. The van der Waals surface area contributed by atoms with Gasteiger partial charge in [-0.2, -0.15) is 0 Å². The standard InChI is InChI=1S/C15H18N2O5S/c1-8-12(18)16-10-6-9(4-5-11(10)23-8)13(19)17-15(2,7-22-3)14(20)21/h4-6,8H,7H2,1-3H3,(H,16,18)(H,17,19)(H,20,21). The average Bonchev–Trinajstić information content (AvgIpc) is 2.48. The third kappa shape index (κ3) is 3.65. The van der Waals surface area contributed by atoms with Gasteiger partial charge < -0.3 is 20.5 Å². The minimum Gasteiger partial charge on any atom is -0.479 e. The molecule has 124 valence electrons. The molecule has 2 atom stereocenters. The van der Waals surface area contributed by atoms with Crippen LogP contribution in [0, 0.1) is 0 Å². The molecule has 7 nitrogen and oxygen atoms in total. The molecule has 1 aliphatic heterocycles. The van der Waals surface area contributed by atoms with E-state index >= 15 is 0 Å². The topological polar surface area (TPSA) is 105 Å². The van der Waals surface area contributed by atoms with Gasteiger partial charge in [-0.15, -0.1) is 11.8 Å². The lowest BCUT2D eigenvalue weighted by Gasteiger charge is -2.26. The second-order valence-electron chi connectivity index (χ2n) is 5.48. The number of benzene rings is 1. The Morgan fingerprint density at radius 2 is 2.17 bits per heavy atom. The number of hydrogen-bond acceptors (Lipinski definition) is 5. The van der Waals surface area contributed by atoms with Gasteiger partial charge in [0.2, 0.25) is 5.91 Å². The molecule has 0 bridgehead atoms. The molecule has 0 fully saturated rings. The van der Waals surface area contributed by atoms with Crippen LogP contribution in [0.5, 0.6) is 0 Å². The highest BCUT2D eigenvalue weighted by Crippen LogP contribution is 2.35. The van der Waals surface area contributed by atoms with Crippen LogP contribution in [0.3, 0.4) is 0 Å². The highest BCUT2D eigenvalue weighted by Gasteiger charge is 2.35. The molecular formula is C15H18N2O5S. The largest absolute Gasteiger partial charge is 0.479 e. The van der Waals surface area contributed by atoms with Gasteiger partial charge in [-0.3, -0.25) is 9.59 Å². The molecule has 1 aromatic rings. The molecule has 0 radical (unpaired) electrons. The minimum absolute atomic E-state index is 0.130. The van der Waals surface area contributed by atoms with Crippen LogP contribution in [0.15, 0.2) is 23.1 Å². The Morgan fingerprint density at radius 1 is 1.48 bits per heavy atom. The van der Waals surface area contributed by atoms with E-state index in [0.29, 0.717) is 5.69 Å². The molecule has 2 unspecified atom stereocenters. The Labute approximate surface area is 137 Å². The van der Waals surface area contributed by atoms with Crippen LogP contribution >= 0.6 is 11.8 Å². The summed E-state index contributed by atoms with van der Waals surface area (Å²) in [6, 6.07) is 4.87. The van der Waals surface area contributed by atoms with E-state index in [-0.39, 0.29) is 23.3 Å². The van der Waals surface area contributed by atoms with E-state index in [9.17, 15) is 19.5 Å². The zero-order chi connectivity index (χ0) is 17.2. The van der Waals surface area contributed by atoms with Crippen molar-refractivity contribution in [2.24, 2.45) is 0 Å². The van der Waals surface area contributed by atoms with Gasteiger partial charge >= 0.3 is 5.97 Å². The lowest BCUT2D eigenvalue weighted by molar-refractivity contribution is -0.145. The number of ether oxygens (including phenoxy) is 1. The van der Waals surface area contributed by atoms with Crippen LogP contribution in [-0.2, 0) is 14.3 Å². The molecule has 0 saturated heterocycles. The Balaban J connectivity index is 2.22. The lowest BCUT2D eigenvalue weighted by Crippen LogP contribution is -2.55. The Hall–Kier alpha value is -2.06. The summed E-state index contributed by atoms with van der Waals surface area (Å²) in [6.45, 7) is 3.00. The predicted octanol–water partition coefficient (Wildman–Crippen LogP) is 1.34. The summed E-state index contributed by atoms with van der Waals surface area (Å²) in [5.41, 5.74) is -0.717. The van der Waals surface area contributed by atoms with Crippen molar-refractivity contribution in [3.63, 3.8) is 0 Å². The van der Waals surface area contributed by atoms with E-state index in [0.717, 1.165) is 4.90 Å². The van der Waals surface area contributed by atoms with Gasteiger partial charge in [0.15, 0.2) is 5.54 Å². The number of carbonyl (C=O) groups is 3. The van der Waals surface area contributed by atoms with Gasteiger partial charge in [0.05, 0.1) is 17.5 Å². The lowest BCUT2D eigenvalue weighted by atomic mass is 10.0. The summed E-state index contributed by atoms with van der Waals surface area (Å²) >= 11 is 1.41. The molecule has 0 aromatic heterocycles. The van der Waals surface area contributed by atoms with Gasteiger partial charge in [0.25, 0.3) is 5.91 Å². The maximum Gasteiger partial charge on any atom is 0.331 e. The van der Waals surface area contributed by atoms with Crippen molar-refractivity contribution >= 4 is 35.2 Å². The summed E-state index contributed by atoms with van der Waals surface area (Å²) in [4.78, 5) is 36.2. The number of carbonyl (C=O) groups excluding carboxylic acids is 2. The van der Waals surface area contributed by atoms with Crippen molar-refractivity contribution in [1.29, 1.82) is 0 Å². The fraction of sp³-hybridized carbons (Fsp3) is 0.400. The van der Waals surface area contributed by atoms with Gasteiger partial charge in [-0.05, 0) is 32.0 Å². The van der Waals surface area contributed by atoms with E-state index in [2.05, 4.69) is 10.6 Å². The van der Waals surface area contributed by atoms with E-state index < -0.39 is 17.4 Å². The summed E-state index contributed by atoms with van der Waals surface area (Å²) < 4.78 is 4.87. The first-order chi connectivity index (χ1) is 10.8. The van der Waals surface area contributed by atoms with Crippen LogP contribution in [-0.4, -0.2) is 47.4 Å². The second-order valence-corrected chi connectivity index (χ2v) is 6.87. The smallest absolute Gasteiger partial charge is 0.331 e. The number of rotatable bonds is 5. The zero-order valence-corrected chi connectivity index (χ0v) is 13.8. The summed E-state index contributed by atoms with van der Waals surface area (Å²) in [5, 5.41) is 14.3. The quantitative estimate of drug-likeness (QED) is 0.748. The first-order valence-electron chi connectivity index (χ1n) is 6.93. The van der Waals surface area contributed by atoms with E-state index in [1.165, 1.54) is 31.9 Å². The highest BCUT2D eigenvalue weighted by molar-refractivity contribution is 8.00. The first kappa shape index (κ1) is 17.3. The summed E-state index contributed by atoms with van der Waals surface area (Å²) in [6.07, 6.45) is 0. The molecule has 2 amide bonds. The van der Waals surface area contributed by atoms with Crippen molar-refractivity contribution < 1.29 is 24.2 Å². The molecule has 23 heavy (non-hydrogen) atoms. The maximum atomic E-state index is 12.3. The number of nitrogens with one attached hydrogen (secondary N) is 2. The van der Waals surface area contributed by atoms with Gasteiger partial charge in [-0.25, -0.2) is 4.79 Å². The van der Waals surface area contributed by atoms with Crippen molar-refractivity contribution in [3.05, 3.63) is 23.8 Å². The number of fused-ring (bicyclic) bond motifs is 1. The molecule has 0 saturated carbocycles. The third-order valence-corrected chi connectivity index (χ3v) is 4.64. The monoisotopic (exact) mass is 338 g/mol. The normalized spacial score (nSPS) is 19.3. The van der Waals surface area contributed by atoms with E-state index in [1.807, 2.05) is 0 Å². The van der Waals surface area contributed by atoms with Crippen LogP contribution in [0.25, 0.3) is 0 Å². The minimum atomic E-state index is -1.53. The predicted molar refractivity (Wildman–Crippen MR) is 85.8 cm³/mol. The van der Waals surface area contributed by atoms with Crippen LogP contribution in [0.1, 0.15) is 24.2 Å². The number of amides is 2. The third-order valence-electron chi connectivity index (χ3n) is 3.47. The SMILES string of the molecule is COCC(C)(NC(=O)c1ccc2c(c1)NC(=O)C(C)S2)C(=O)O. The Bertz CT molecular complexity index is 663. The summed E-state index contributed by atoms with van der Waals surface area (Å²) in [5.74, 6) is -1.87. The van der Waals surface area contributed by atoms with Crippen LogP contribution < -0.4 is 10.6 Å². The second kappa shape index (κ2) is 6.59. The van der Waals surface area contributed by atoms with Crippen molar-refractivity contribution in [3.8, 4) is 0 Å². The highest BCUT2D eigenvalue weighted by atomic mass is 32.2. The average molecular weight is 338 g/mol. The van der Waals surface area contributed by atoms with E-state index in [4.69, 9.17) is 4.74 Å². The molecule has 2 rings (SSSR count). The zero-order valence-electron chi connectivity index (χ0n) is 13.0. The Kier molecular flexibility index (Phi) is 4.96. The molecule has 1 heterocycles. The van der Waals surface area contributed by atoms with Gasteiger partial charge in [-0.1, -0.05) is 0 Å².